The van der Waals surface area contributed by atoms with Crippen molar-refractivity contribution in [3.8, 4) is 6.01 Å². The third kappa shape index (κ3) is 4.93. The van der Waals surface area contributed by atoms with Crippen LogP contribution in [0.1, 0.15) is 31.6 Å². The van der Waals surface area contributed by atoms with Crippen molar-refractivity contribution in [2.45, 2.75) is 50.4 Å². The maximum atomic E-state index is 14.0. The lowest BCUT2D eigenvalue weighted by molar-refractivity contribution is -0.144. The molecule has 2 saturated heterocycles. The molecule has 0 radical (unpaired) electrons. The van der Waals surface area contributed by atoms with Crippen LogP contribution < -0.4 is 9.64 Å². The molecule has 0 saturated carbocycles. The summed E-state index contributed by atoms with van der Waals surface area (Å²) in [5.74, 6) is -1.40. The number of anilines is 1. The lowest BCUT2D eigenvalue weighted by Gasteiger charge is -2.31. The zero-order chi connectivity index (χ0) is 30.0. The van der Waals surface area contributed by atoms with Gasteiger partial charge in [-0.25, -0.2) is 9.97 Å². The molecule has 226 valence electrons. The molecule has 5 heterocycles. The van der Waals surface area contributed by atoms with Crippen LogP contribution in [0.3, 0.4) is 0 Å². The Hall–Kier alpha value is -3.65. The van der Waals surface area contributed by atoms with Crippen LogP contribution in [0, 0.1) is 5.92 Å². The summed E-state index contributed by atoms with van der Waals surface area (Å²) >= 11 is 6.25. The van der Waals surface area contributed by atoms with Crippen molar-refractivity contribution in [3.05, 3.63) is 53.3 Å². The molecule has 7 rings (SSSR count). The molecule has 10 nitrogen and oxygen atoms in total. The molecule has 0 spiro atoms. The van der Waals surface area contributed by atoms with Gasteiger partial charge in [-0.2, -0.15) is 18.2 Å². The normalized spacial score (nSPS) is 23.3. The van der Waals surface area contributed by atoms with Gasteiger partial charge in [0.15, 0.2) is 17.7 Å². The number of furan rings is 1. The highest BCUT2D eigenvalue weighted by Crippen LogP contribution is 2.41. The van der Waals surface area contributed by atoms with E-state index < -0.39 is 30.4 Å². The summed E-state index contributed by atoms with van der Waals surface area (Å²) in [5, 5.41) is 21.6. The standard InChI is InChI=1S/C29H27ClF3N5O5/c1-14-13-41-9-8-19(14)38-20-7-6-15(30)10-18(20)34-28(38)42-16-11-21(26(39)40)37(12-16)25-24-23(35-27(36-25)29(31,32)33)17-4-2-3-5-22(17)43-24/h2-7,10,14,16,19,21,26,39-40H,8-9,11-13H2,1H3/t14?,16-,19+,21-/m0/s1. The molecule has 2 aliphatic rings. The first-order chi connectivity index (χ1) is 20.6. The number of hydrogen-bond acceptors (Lipinski definition) is 9. The van der Waals surface area contributed by atoms with Crippen molar-refractivity contribution in [2.24, 2.45) is 5.92 Å². The fraction of sp³-hybridized carbons (Fsp3) is 0.414. The molecule has 5 aromatic rings. The van der Waals surface area contributed by atoms with E-state index in [0.717, 1.165) is 11.9 Å². The van der Waals surface area contributed by atoms with Gasteiger partial charge in [-0.3, -0.25) is 4.57 Å². The van der Waals surface area contributed by atoms with Crippen molar-refractivity contribution in [1.82, 2.24) is 19.5 Å². The molecule has 3 aromatic heterocycles. The summed E-state index contributed by atoms with van der Waals surface area (Å²) in [7, 11) is 0. The van der Waals surface area contributed by atoms with Crippen molar-refractivity contribution in [2.75, 3.05) is 24.7 Å². The fourth-order valence-corrected chi connectivity index (χ4v) is 6.36. The Balaban J connectivity index is 1.30. The van der Waals surface area contributed by atoms with Crippen LogP contribution in [0.2, 0.25) is 5.02 Å². The first-order valence-electron chi connectivity index (χ1n) is 13.9. The average Bonchev–Trinajstić information content (AvgIpc) is 3.65. The molecular weight excluding hydrogens is 591 g/mol. The maximum absolute atomic E-state index is 14.0. The van der Waals surface area contributed by atoms with E-state index in [-0.39, 0.29) is 41.8 Å². The summed E-state index contributed by atoms with van der Waals surface area (Å²) in [6.45, 7) is 3.20. The second-order valence-corrected chi connectivity index (χ2v) is 11.5. The summed E-state index contributed by atoms with van der Waals surface area (Å²) in [5.41, 5.74) is 1.78. The number of hydrogen-bond donors (Lipinski definition) is 2. The molecule has 4 atom stereocenters. The van der Waals surface area contributed by atoms with Gasteiger partial charge in [-0.15, -0.1) is 0 Å². The molecule has 2 aliphatic heterocycles. The second kappa shape index (κ2) is 10.5. The lowest BCUT2D eigenvalue weighted by atomic mass is 9.97. The Morgan fingerprint density at radius 3 is 2.70 bits per heavy atom. The maximum Gasteiger partial charge on any atom is 0.451 e. The molecular formula is C29H27ClF3N5O5. The number of ether oxygens (including phenoxy) is 2. The first-order valence-corrected chi connectivity index (χ1v) is 14.3. The highest BCUT2D eigenvalue weighted by atomic mass is 35.5. The second-order valence-electron chi connectivity index (χ2n) is 11.1. The number of aliphatic hydroxyl groups excluding tert-OH is 1. The van der Waals surface area contributed by atoms with E-state index in [4.69, 9.17) is 30.5 Å². The lowest BCUT2D eigenvalue weighted by Crippen LogP contribution is -2.40. The third-order valence-electron chi connectivity index (χ3n) is 8.20. The van der Waals surface area contributed by atoms with Crippen LogP contribution in [0.25, 0.3) is 33.1 Å². The van der Waals surface area contributed by atoms with Crippen LogP contribution in [-0.2, 0) is 10.9 Å². The zero-order valence-corrected chi connectivity index (χ0v) is 23.6. The van der Waals surface area contributed by atoms with Gasteiger partial charge < -0.3 is 29.0 Å². The molecule has 2 N–H and O–H groups in total. The fourth-order valence-electron chi connectivity index (χ4n) is 6.19. The van der Waals surface area contributed by atoms with Crippen LogP contribution in [0.5, 0.6) is 6.01 Å². The molecule has 0 bridgehead atoms. The van der Waals surface area contributed by atoms with Crippen LogP contribution in [0.15, 0.2) is 46.9 Å². The first kappa shape index (κ1) is 28.1. The van der Waals surface area contributed by atoms with E-state index in [0.29, 0.717) is 40.7 Å². The summed E-state index contributed by atoms with van der Waals surface area (Å²) < 4.78 is 61.9. The summed E-state index contributed by atoms with van der Waals surface area (Å²) in [4.78, 5) is 13.7. The molecule has 1 unspecified atom stereocenters. The van der Waals surface area contributed by atoms with E-state index in [2.05, 4.69) is 16.9 Å². The Morgan fingerprint density at radius 2 is 1.93 bits per heavy atom. The quantitative estimate of drug-likeness (QED) is 0.252. The van der Waals surface area contributed by atoms with Crippen molar-refractivity contribution >= 4 is 50.5 Å². The molecule has 14 heteroatoms. The Morgan fingerprint density at radius 1 is 1.12 bits per heavy atom. The average molecular weight is 618 g/mol. The molecule has 2 fully saturated rings. The van der Waals surface area contributed by atoms with Crippen molar-refractivity contribution in [3.63, 3.8) is 0 Å². The number of aromatic nitrogens is 4. The number of imidazole rings is 1. The number of halogens is 4. The molecule has 2 aromatic carbocycles. The number of rotatable bonds is 5. The minimum atomic E-state index is -4.85. The van der Waals surface area contributed by atoms with Crippen LogP contribution >= 0.6 is 11.6 Å². The van der Waals surface area contributed by atoms with Gasteiger partial charge in [-0.1, -0.05) is 30.7 Å². The van der Waals surface area contributed by atoms with Gasteiger partial charge >= 0.3 is 6.18 Å². The predicted molar refractivity (Wildman–Crippen MR) is 151 cm³/mol. The van der Waals surface area contributed by atoms with Crippen LogP contribution in [0.4, 0.5) is 19.0 Å². The van der Waals surface area contributed by atoms with Gasteiger partial charge in [0.1, 0.15) is 17.2 Å². The number of fused-ring (bicyclic) bond motifs is 4. The monoisotopic (exact) mass is 617 g/mol. The molecule has 0 amide bonds. The van der Waals surface area contributed by atoms with Gasteiger partial charge in [0, 0.05) is 35.4 Å². The van der Waals surface area contributed by atoms with Gasteiger partial charge in [0.25, 0.3) is 6.01 Å². The highest BCUT2D eigenvalue weighted by molar-refractivity contribution is 6.31. The summed E-state index contributed by atoms with van der Waals surface area (Å²) in [6.07, 6.45) is -6.65. The number of benzene rings is 2. The minimum absolute atomic E-state index is 0.0121. The van der Waals surface area contributed by atoms with Crippen molar-refractivity contribution in [1.29, 1.82) is 0 Å². The third-order valence-corrected chi connectivity index (χ3v) is 8.43. The minimum Gasteiger partial charge on any atom is -0.459 e. The Bertz CT molecular complexity index is 1830. The SMILES string of the molecule is CC1COCC[C@H]1n1c(O[C@H]2C[C@@H](C(O)O)N(c3nc(C(F)(F)F)nc4c3oc3ccccc34)C2)nc2cc(Cl)ccc21. The van der Waals surface area contributed by atoms with E-state index in [1.807, 2.05) is 10.6 Å². The smallest absolute Gasteiger partial charge is 0.451 e. The highest BCUT2D eigenvalue weighted by Gasteiger charge is 2.43. The predicted octanol–water partition coefficient (Wildman–Crippen LogP) is 5.33. The number of aliphatic hydroxyl groups is 2. The molecule has 0 aliphatic carbocycles. The van der Waals surface area contributed by atoms with E-state index in [1.54, 1.807) is 36.4 Å². The number of para-hydroxylation sites is 1. The summed E-state index contributed by atoms with van der Waals surface area (Å²) in [6, 6.07) is 11.3. The van der Waals surface area contributed by atoms with Gasteiger partial charge in [0.05, 0.1) is 30.2 Å². The largest absolute Gasteiger partial charge is 0.459 e. The topological polar surface area (TPSA) is 119 Å². The van der Waals surface area contributed by atoms with E-state index >= 15 is 0 Å². The Kier molecular flexibility index (Phi) is 6.88. The zero-order valence-electron chi connectivity index (χ0n) is 22.8. The van der Waals surface area contributed by atoms with Gasteiger partial charge in [-0.05, 0) is 36.8 Å². The van der Waals surface area contributed by atoms with Gasteiger partial charge in [0.2, 0.25) is 5.82 Å². The number of nitrogens with zero attached hydrogens (tertiary/aromatic N) is 5. The molecule has 43 heavy (non-hydrogen) atoms. The van der Waals surface area contributed by atoms with Crippen molar-refractivity contribution < 1.29 is 37.3 Å². The Labute approximate surface area is 247 Å². The number of alkyl halides is 3. The van der Waals surface area contributed by atoms with Crippen LogP contribution in [-0.4, -0.2) is 67.9 Å². The van der Waals surface area contributed by atoms with E-state index in [1.165, 1.54) is 4.90 Å². The van der Waals surface area contributed by atoms with E-state index in [9.17, 15) is 23.4 Å².